The molecule has 32 heavy (non-hydrogen) atoms. The van der Waals surface area contributed by atoms with Crippen LogP contribution < -0.4 is 16.0 Å². The number of rotatable bonds is 5. The second-order valence-electron chi connectivity index (χ2n) is 9.27. The second-order valence-corrected chi connectivity index (χ2v) is 9.27. The predicted molar refractivity (Wildman–Crippen MR) is 125 cm³/mol. The standard InChI is InChI=1S/C23H37N5O4/c1-15-18(28(23(5,6)31-15)21(30)32-22(2,3)4)14-27-20(25-8)26-13-16-9-11-17(12-10-16)19(29)24-7/h9-12,15,18H,13-14H2,1-8H3,(H,24,29)(H2,25,26,27). The van der Waals surface area contributed by atoms with Crippen molar-refractivity contribution in [3.63, 3.8) is 0 Å². The lowest BCUT2D eigenvalue weighted by Crippen LogP contribution is -2.54. The lowest BCUT2D eigenvalue weighted by molar-refractivity contribution is -0.0755. The van der Waals surface area contributed by atoms with E-state index in [-0.39, 0.29) is 18.1 Å². The number of hydrogen-bond acceptors (Lipinski definition) is 5. The number of benzene rings is 1. The molecule has 1 aliphatic heterocycles. The molecule has 2 rings (SSSR count). The first-order valence-electron chi connectivity index (χ1n) is 10.8. The highest BCUT2D eigenvalue weighted by molar-refractivity contribution is 5.93. The number of amides is 2. The van der Waals surface area contributed by atoms with E-state index < -0.39 is 17.4 Å². The van der Waals surface area contributed by atoms with Gasteiger partial charge in [-0.3, -0.25) is 14.7 Å². The largest absolute Gasteiger partial charge is 0.444 e. The summed E-state index contributed by atoms with van der Waals surface area (Å²) in [5, 5.41) is 9.14. The van der Waals surface area contributed by atoms with Crippen molar-refractivity contribution < 1.29 is 19.1 Å². The Morgan fingerprint density at radius 2 is 1.81 bits per heavy atom. The van der Waals surface area contributed by atoms with Crippen LogP contribution in [0.2, 0.25) is 0 Å². The van der Waals surface area contributed by atoms with Gasteiger partial charge in [-0.25, -0.2) is 4.79 Å². The average Bonchev–Trinajstić information content (AvgIpc) is 2.94. The molecule has 0 bridgehead atoms. The summed E-state index contributed by atoms with van der Waals surface area (Å²) in [7, 11) is 3.29. The van der Waals surface area contributed by atoms with Gasteiger partial charge in [-0.1, -0.05) is 12.1 Å². The van der Waals surface area contributed by atoms with Gasteiger partial charge in [-0.05, 0) is 59.2 Å². The lowest BCUT2D eigenvalue weighted by Gasteiger charge is -2.35. The average molecular weight is 448 g/mol. The van der Waals surface area contributed by atoms with Crippen LogP contribution in [0.25, 0.3) is 0 Å². The van der Waals surface area contributed by atoms with Crippen LogP contribution in [0.3, 0.4) is 0 Å². The van der Waals surface area contributed by atoms with Crippen LogP contribution in [0.4, 0.5) is 4.79 Å². The van der Waals surface area contributed by atoms with E-state index in [1.807, 2.05) is 53.7 Å². The Bertz CT molecular complexity index is 830. The molecule has 0 aliphatic carbocycles. The molecule has 2 unspecified atom stereocenters. The van der Waals surface area contributed by atoms with Gasteiger partial charge >= 0.3 is 6.09 Å². The van der Waals surface area contributed by atoms with Crippen LogP contribution in [0.15, 0.2) is 29.3 Å². The number of carbonyl (C=O) groups is 2. The summed E-state index contributed by atoms with van der Waals surface area (Å²) < 4.78 is 11.7. The van der Waals surface area contributed by atoms with E-state index in [1.165, 1.54) is 0 Å². The van der Waals surface area contributed by atoms with Crippen molar-refractivity contribution in [2.45, 2.75) is 71.6 Å². The number of aliphatic imine (C=N–C) groups is 1. The maximum absolute atomic E-state index is 12.9. The monoisotopic (exact) mass is 447 g/mol. The molecule has 2 amide bonds. The van der Waals surface area contributed by atoms with Gasteiger partial charge in [-0.2, -0.15) is 0 Å². The zero-order valence-corrected chi connectivity index (χ0v) is 20.4. The molecular weight excluding hydrogens is 410 g/mol. The maximum Gasteiger partial charge on any atom is 0.412 e. The Hall–Kier alpha value is -2.81. The van der Waals surface area contributed by atoms with Gasteiger partial charge in [0.25, 0.3) is 5.91 Å². The smallest absolute Gasteiger partial charge is 0.412 e. The zero-order chi connectivity index (χ0) is 24.1. The maximum atomic E-state index is 12.9. The van der Waals surface area contributed by atoms with Gasteiger partial charge in [0.15, 0.2) is 5.96 Å². The number of carbonyl (C=O) groups excluding carboxylic acids is 2. The molecule has 1 aromatic carbocycles. The van der Waals surface area contributed by atoms with E-state index in [4.69, 9.17) is 9.47 Å². The molecular formula is C23H37N5O4. The minimum atomic E-state index is -0.780. The van der Waals surface area contributed by atoms with E-state index in [0.29, 0.717) is 24.6 Å². The molecule has 1 fully saturated rings. The fourth-order valence-corrected chi connectivity index (χ4v) is 3.65. The third-order valence-corrected chi connectivity index (χ3v) is 5.12. The highest BCUT2D eigenvalue weighted by Crippen LogP contribution is 2.33. The van der Waals surface area contributed by atoms with Gasteiger partial charge in [0, 0.05) is 32.7 Å². The summed E-state index contributed by atoms with van der Waals surface area (Å²) in [5.74, 6) is 0.480. The predicted octanol–water partition coefficient (Wildman–Crippen LogP) is 2.47. The number of hydrogen-bond donors (Lipinski definition) is 3. The first-order valence-corrected chi connectivity index (χ1v) is 10.8. The number of guanidine groups is 1. The highest BCUT2D eigenvalue weighted by atomic mass is 16.6. The zero-order valence-electron chi connectivity index (χ0n) is 20.4. The van der Waals surface area contributed by atoms with Crippen LogP contribution in [0, 0.1) is 0 Å². The molecule has 178 valence electrons. The van der Waals surface area contributed by atoms with Crippen LogP contribution in [-0.2, 0) is 16.0 Å². The van der Waals surface area contributed by atoms with E-state index in [2.05, 4.69) is 20.9 Å². The van der Waals surface area contributed by atoms with E-state index in [9.17, 15) is 9.59 Å². The Morgan fingerprint density at radius 1 is 1.19 bits per heavy atom. The molecule has 1 aliphatic rings. The highest BCUT2D eigenvalue weighted by Gasteiger charge is 2.49. The summed E-state index contributed by atoms with van der Waals surface area (Å²) in [6, 6.07) is 7.12. The van der Waals surface area contributed by atoms with Crippen molar-refractivity contribution >= 4 is 18.0 Å². The Morgan fingerprint density at radius 3 is 2.34 bits per heavy atom. The second kappa shape index (κ2) is 10.2. The fraction of sp³-hybridized carbons (Fsp3) is 0.609. The van der Waals surface area contributed by atoms with Crippen molar-refractivity contribution in [1.82, 2.24) is 20.9 Å². The first-order chi connectivity index (χ1) is 14.9. The first kappa shape index (κ1) is 25.5. The van der Waals surface area contributed by atoms with E-state index in [0.717, 1.165) is 5.56 Å². The topological polar surface area (TPSA) is 104 Å². The summed E-state index contributed by atoms with van der Waals surface area (Å²) in [6.07, 6.45) is -0.585. The van der Waals surface area contributed by atoms with Crippen LogP contribution >= 0.6 is 0 Å². The van der Waals surface area contributed by atoms with Crippen LogP contribution in [-0.4, -0.2) is 67.0 Å². The van der Waals surface area contributed by atoms with Gasteiger partial charge in [0.2, 0.25) is 0 Å². The Balaban J connectivity index is 1.99. The quantitative estimate of drug-likeness (QED) is 0.473. The SMILES string of the molecule is CN=C(NCc1ccc(C(=O)NC)cc1)NCC1C(C)OC(C)(C)N1C(=O)OC(C)(C)C. The molecule has 1 heterocycles. The molecule has 0 saturated carbocycles. The van der Waals surface area contributed by atoms with Crippen molar-refractivity contribution in [3.05, 3.63) is 35.4 Å². The summed E-state index contributed by atoms with van der Waals surface area (Å²) in [6.45, 7) is 12.2. The normalized spacial score (nSPS) is 20.6. The molecule has 1 saturated heterocycles. The summed E-state index contributed by atoms with van der Waals surface area (Å²) >= 11 is 0. The summed E-state index contributed by atoms with van der Waals surface area (Å²) in [4.78, 5) is 30.5. The molecule has 2 atom stereocenters. The molecule has 3 N–H and O–H groups in total. The summed E-state index contributed by atoms with van der Waals surface area (Å²) in [5.41, 5.74) is 0.243. The molecule has 9 heteroatoms. The molecule has 0 aromatic heterocycles. The van der Waals surface area contributed by atoms with Gasteiger partial charge < -0.3 is 25.4 Å². The molecule has 0 radical (unpaired) electrons. The van der Waals surface area contributed by atoms with Crippen LogP contribution in [0.5, 0.6) is 0 Å². The van der Waals surface area contributed by atoms with Crippen molar-refractivity contribution in [2.24, 2.45) is 4.99 Å². The van der Waals surface area contributed by atoms with Gasteiger partial charge in [-0.15, -0.1) is 0 Å². The minimum absolute atomic E-state index is 0.118. The number of nitrogens with zero attached hydrogens (tertiary/aromatic N) is 2. The molecule has 1 aromatic rings. The van der Waals surface area contributed by atoms with Crippen LogP contribution in [0.1, 0.15) is 57.5 Å². The number of nitrogens with one attached hydrogen (secondary N) is 3. The Labute approximate surface area is 190 Å². The molecule has 9 nitrogen and oxygen atoms in total. The Kier molecular flexibility index (Phi) is 8.12. The van der Waals surface area contributed by atoms with E-state index >= 15 is 0 Å². The van der Waals surface area contributed by atoms with Crippen molar-refractivity contribution in [2.75, 3.05) is 20.6 Å². The van der Waals surface area contributed by atoms with Gasteiger partial charge in [0.1, 0.15) is 11.3 Å². The van der Waals surface area contributed by atoms with Crippen molar-refractivity contribution in [1.29, 1.82) is 0 Å². The third-order valence-electron chi connectivity index (χ3n) is 5.12. The lowest BCUT2D eigenvalue weighted by atomic mass is 10.1. The fourth-order valence-electron chi connectivity index (χ4n) is 3.65. The minimum Gasteiger partial charge on any atom is -0.444 e. The van der Waals surface area contributed by atoms with E-state index in [1.54, 1.807) is 31.1 Å². The number of ether oxygens (including phenoxy) is 2. The molecule has 0 spiro atoms. The van der Waals surface area contributed by atoms with Crippen molar-refractivity contribution in [3.8, 4) is 0 Å². The van der Waals surface area contributed by atoms with Gasteiger partial charge in [0.05, 0.1) is 12.1 Å². The third kappa shape index (κ3) is 6.59.